The number of amides is 1. The number of benzene rings is 4. The Balaban J connectivity index is 1.34. The van der Waals surface area contributed by atoms with Gasteiger partial charge in [0.25, 0.3) is 5.91 Å². The van der Waals surface area contributed by atoms with Crippen LogP contribution in [0.4, 0.5) is 0 Å². The molecule has 44 heavy (non-hydrogen) atoms. The van der Waals surface area contributed by atoms with Crippen LogP contribution in [0.1, 0.15) is 41.3 Å². The van der Waals surface area contributed by atoms with Crippen LogP contribution >= 0.6 is 22.1 Å². The lowest BCUT2D eigenvalue weighted by Crippen LogP contribution is -2.31. The van der Waals surface area contributed by atoms with Crippen LogP contribution in [0.15, 0.2) is 102 Å². The third kappa shape index (κ3) is 5.56. The Kier molecular flexibility index (Phi) is 7.91. The monoisotopic (exact) mass is 627 g/mol. The number of carbonyl (C=O) groups is 2. The number of thiophene rings is 1. The average Bonchev–Trinajstić information content (AvgIpc) is 3.46. The second-order valence-corrected chi connectivity index (χ2v) is 13.4. The third-order valence-corrected chi connectivity index (χ3v) is 10.3. The molecule has 0 radical (unpaired) electrons. The Morgan fingerprint density at radius 3 is 2.32 bits per heavy atom. The second kappa shape index (κ2) is 11.8. The van der Waals surface area contributed by atoms with Crippen molar-refractivity contribution >= 4 is 50.2 Å². The number of carbonyl (C=O) groups excluding carboxylic acids is 1. The van der Waals surface area contributed by atoms with Crippen LogP contribution in [0, 0.1) is 0 Å². The molecule has 0 atom stereocenters. The molecule has 1 aliphatic rings. The zero-order chi connectivity index (χ0) is 31.0. The minimum atomic E-state index is -3.50. The fourth-order valence-corrected chi connectivity index (χ4v) is 7.76. The minimum Gasteiger partial charge on any atom is -0.478 e. The molecule has 0 saturated heterocycles. The van der Waals surface area contributed by atoms with E-state index in [0.29, 0.717) is 17.2 Å². The van der Waals surface area contributed by atoms with Gasteiger partial charge in [0.1, 0.15) is 11.5 Å². The largest absolute Gasteiger partial charge is 0.478 e. The lowest BCUT2D eigenvalue weighted by atomic mass is 9.96. The van der Waals surface area contributed by atoms with Gasteiger partial charge in [-0.05, 0) is 71.1 Å². The van der Waals surface area contributed by atoms with Gasteiger partial charge in [-0.25, -0.2) is 4.79 Å². The number of rotatable bonds is 9. The number of carboxylic acid groups (broad SMARTS) is 1. The standard InChI is InChI=1S/C34H29NO7S2/c1-21(2)25-7-3-4-8-26(25)33-32(42-23-14-11-22(12-15-23)13-18-31(36)37)27-17-16-24(19-29(27)43-33)41-20-35-34(38)28-9-5-6-10-30(28)44(35,39)40/h3-19,21,39-40H,20H2,1-2H3,(H,36,37)/b18-13+. The van der Waals surface area contributed by atoms with E-state index in [1.54, 1.807) is 65.9 Å². The molecule has 5 aromatic rings. The molecule has 0 aliphatic carbocycles. The van der Waals surface area contributed by atoms with Crippen molar-refractivity contribution in [2.45, 2.75) is 24.7 Å². The van der Waals surface area contributed by atoms with Crippen molar-refractivity contribution < 1.29 is 33.3 Å². The number of aliphatic carboxylic acids is 1. The van der Waals surface area contributed by atoms with Gasteiger partial charge in [-0.15, -0.1) is 11.3 Å². The van der Waals surface area contributed by atoms with Crippen molar-refractivity contribution in [3.8, 4) is 27.7 Å². The second-order valence-electron chi connectivity index (χ2n) is 10.5. The Hall–Kier alpha value is -4.61. The summed E-state index contributed by atoms with van der Waals surface area (Å²) < 4.78 is 35.9. The first kappa shape index (κ1) is 29.5. The van der Waals surface area contributed by atoms with Gasteiger partial charge in [-0.3, -0.25) is 13.9 Å². The Morgan fingerprint density at radius 1 is 0.932 bits per heavy atom. The molecule has 0 unspecified atom stereocenters. The quantitative estimate of drug-likeness (QED) is 0.140. The molecule has 0 spiro atoms. The topological polar surface area (TPSA) is 117 Å². The fourth-order valence-electron chi connectivity index (χ4n) is 5.08. The number of ether oxygens (including phenoxy) is 2. The zero-order valence-corrected chi connectivity index (χ0v) is 25.5. The van der Waals surface area contributed by atoms with Gasteiger partial charge >= 0.3 is 5.97 Å². The maximum absolute atomic E-state index is 12.9. The molecule has 3 N–H and O–H groups in total. The molecule has 1 aromatic heterocycles. The van der Waals surface area contributed by atoms with E-state index in [4.69, 9.17) is 14.6 Å². The number of carboxylic acids is 1. The molecule has 0 bridgehead atoms. The molecule has 1 aliphatic heterocycles. The highest BCUT2D eigenvalue weighted by Gasteiger charge is 2.41. The Morgan fingerprint density at radius 2 is 1.61 bits per heavy atom. The molecule has 0 fully saturated rings. The Bertz CT molecular complexity index is 1910. The lowest BCUT2D eigenvalue weighted by molar-refractivity contribution is -0.131. The van der Waals surface area contributed by atoms with Crippen LogP contribution in [0.3, 0.4) is 0 Å². The summed E-state index contributed by atoms with van der Waals surface area (Å²) in [6.45, 7) is 3.95. The van der Waals surface area contributed by atoms with E-state index in [1.165, 1.54) is 11.6 Å². The molecule has 8 nitrogen and oxygen atoms in total. The number of hydrogen-bond acceptors (Lipinski definition) is 7. The van der Waals surface area contributed by atoms with Crippen LogP contribution in [-0.2, 0) is 4.79 Å². The number of fused-ring (bicyclic) bond motifs is 2. The molecular weight excluding hydrogens is 599 g/mol. The average molecular weight is 628 g/mol. The summed E-state index contributed by atoms with van der Waals surface area (Å²) in [7, 11) is -3.50. The molecule has 1 amide bonds. The summed E-state index contributed by atoms with van der Waals surface area (Å²) in [5, 5.41) is 9.78. The van der Waals surface area contributed by atoms with Crippen molar-refractivity contribution in [2.24, 2.45) is 0 Å². The van der Waals surface area contributed by atoms with Crippen molar-refractivity contribution in [3.63, 3.8) is 0 Å². The molecule has 224 valence electrons. The third-order valence-electron chi connectivity index (χ3n) is 7.26. The van der Waals surface area contributed by atoms with E-state index in [1.807, 2.05) is 24.3 Å². The maximum Gasteiger partial charge on any atom is 0.328 e. The minimum absolute atomic E-state index is 0.198. The van der Waals surface area contributed by atoms with Crippen LogP contribution in [0.5, 0.6) is 17.2 Å². The number of nitrogens with zero attached hydrogens (tertiary/aromatic N) is 1. The van der Waals surface area contributed by atoms with Gasteiger partial charge < -0.3 is 14.6 Å². The van der Waals surface area contributed by atoms with Gasteiger partial charge in [0.15, 0.2) is 12.5 Å². The smallest absolute Gasteiger partial charge is 0.328 e. The predicted octanol–water partition coefficient (Wildman–Crippen LogP) is 9.10. The normalized spacial score (nSPS) is 14.8. The fraction of sp³-hybridized carbons (Fsp3) is 0.118. The first-order chi connectivity index (χ1) is 21.1. The van der Waals surface area contributed by atoms with Crippen LogP contribution in [0.25, 0.3) is 26.6 Å². The Labute approximate surface area is 259 Å². The van der Waals surface area contributed by atoms with Crippen molar-refractivity contribution in [3.05, 3.63) is 114 Å². The summed E-state index contributed by atoms with van der Waals surface area (Å²) in [4.78, 5) is 24.9. The van der Waals surface area contributed by atoms with E-state index >= 15 is 0 Å². The molecule has 2 heterocycles. The molecule has 6 rings (SSSR count). The molecule has 10 heteroatoms. The van der Waals surface area contributed by atoms with Gasteiger partial charge in [-0.1, -0.05) is 73.2 Å². The summed E-state index contributed by atoms with van der Waals surface area (Å²) in [5.41, 5.74) is 3.22. The van der Waals surface area contributed by atoms with Gasteiger partial charge in [0.05, 0.1) is 15.3 Å². The van der Waals surface area contributed by atoms with E-state index in [-0.39, 0.29) is 23.1 Å². The van der Waals surface area contributed by atoms with Gasteiger partial charge in [-0.2, -0.15) is 4.31 Å². The summed E-state index contributed by atoms with van der Waals surface area (Å²) >= 11 is 1.55. The van der Waals surface area contributed by atoms with E-state index in [0.717, 1.165) is 36.5 Å². The summed E-state index contributed by atoms with van der Waals surface area (Å²) in [5.74, 6) is 0.492. The zero-order valence-electron chi connectivity index (χ0n) is 23.8. The van der Waals surface area contributed by atoms with Crippen molar-refractivity contribution in [2.75, 3.05) is 6.73 Å². The van der Waals surface area contributed by atoms with Crippen molar-refractivity contribution in [1.82, 2.24) is 4.31 Å². The molecule has 4 aromatic carbocycles. The number of hydrogen-bond donors (Lipinski definition) is 3. The molecule has 0 saturated carbocycles. The van der Waals surface area contributed by atoms with Crippen LogP contribution in [-0.4, -0.2) is 37.1 Å². The lowest BCUT2D eigenvalue weighted by Gasteiger charge is -2.36. The highest BCUT2D eigenvalue weighted by Crippen LogP contribution is 2.58. The predicted molar refractivity (Wildman–Crippen MR) is 174 cm³/mol. The highest BCUT2D eigenvalue weighted by atomic mass is 32.3. The summed E-state index contributed by atoms with van der Waals surface area (Å²) in [6, 6.07) is 27.3. The van der Waals surface area contributed by atoms with E-state index in [2.05, 4.69) is 26.0 Å². The summed E-state index contributed by atoms with van der Waals surface area (Å²) in [6.07, 6.45) is 2.61. The van der Waals surface area contributed by atoms with E-state index < -0.39 is 22.7 Å². The molecular formula is C34H29NO7S2. The SMILES string of the molecule is CC(C)c1ccccc1-c1sc2cc(OCN3C(=O)c4ccccc4S3(O)O)ccc2c1Oc1ccc(/C=C/C(=O)O)cc1. The maximum atomic E-state index is 12.9. The van der Waals surface area contributed by atoms with Gasteiger partial charge in [0, 0.05) is 16.2 Å². The first-order valence-electron chi connectivity index (χ1n) is 13.8. The van der Waals surface area contributed by atoms with Gasteiger partial charge in [0.2, 0.25) is 0 Å². The highest BCUT2D eigenvalue weighted by molar-refractivity contribution is 8.23. The van der Waals surface area contributed by atoms with Crippen molar-refractivity contribution in [1.29, 1.82) is 0 Å². The van der Waals surface area contributed by atoms with E-state index in [9.17, 15) is 18.7 Å². The first-order valence-corrected chi connectivity index (χ1v) is 16.1. The van der Waals surface area contributed by atoms with Crippen LogP contribution < -0.4 is 9.47 Å². The van der Waals surface area contributed by atoms with Crippen LogP contribution in [0.2, 0.25) is 0 Å².